The number of β-amino-alcohol motifs (C(OH)–C–C–N with tert-alkyl or cyclic N) is 1. The van der Waals surface area contributed by atoms with E-state index < -0.39 is 40.3 Å². The van der Waals surface area contributed by atoms with Crippen molar-refractivity contribution < 1.29 is 43.5 Å². The Kier molecular flexibility index (Phi) is 18.2. The van der Waals surface area contributed by atoms with Crippen molar-refractivity contribution in [3.63, 3.8) is 0 Å². The van der Waals surface area contributed by atoms with E-state index in [1.54, 1.807) is 39.3 Å². The zero-order chi connectivity index (χ0) is 54.3. The summed E-state index contributed by atoms with van der Waals surface area (Å²) in [6.07, 6.45) is 0.606. The molecule has 75 heavy (non-hydrogen) atoms. The topological polar surface area (TPSA) is 229 Å². The Balaban J connectivity index is 0.911. The molecule has 3 aromatic carbocycles. The van der Waals surface area contributed by atoms with Crippen molar-refractivity contribution in [3.05, 3.63) is 98.7 Å². The standard InChI is InChI=1S/C55H73N9O10S/c1-33(2)30-73-46-27-40(14-16-43(46)58-50(66)39-15-17-44(64(71)72)47(26-39)74-31-34(3)4)52(68)61-24-22-60(23-25-61)41-18-20-62(21-19-41)54(70)59-49(55(7,8)9)53(69)63-29-42(65)28-45(63)51(67)57-35(5)37-10-12-38(13-11-37)48-36(6)56-32-75-48/h10-17,26-27,32-35,41-42,45,49,65H,18-25,28-31H2,1-9H3,(H,57,67)(H,58,66)(H,59,70)/t35-,42-,45+,49-/m1/s1. The third-order valence-electron chi connectivity index (χ3n) is 13.9. The van der Waals surface area contributed by atoms with Gasteiger partial charge in [-0.05, 0) is 79.3 Å². The first-order chi connectivity index (χ1) is 35.6. The number of hydrogen-bond donors (Lipinski definition) is 4. The highest BCUT2D eigenvalue weighted by atomic mass is 32.1. The zero-order valence-electron chi connectivity index (χ0n) is 44.6. The molecule has 0 radical (unpaired) electrons. The normalized spacial score (nSPS) is 18.4. The number of amides is 6. The van der Waals surface area contributed by atoms with Crippen molar-refractivity contribution in [3.8, 4) is 21.9 Å². The second-order valence-electron chi connectivity index (χ2n) is 21.8. The van der Waals surface area contributed by atoms with Crippen molar-refractivity contribution in [1.29, 1.82) is 0 Å². The number of aliphatic hydroxyl groups excluding tert-OH is 1. The number of aryl methyl sites for hydroxylation is 1. The van der Waals surface area contributed by atoms with E-state index in [0.29, 0.717) is 75.7 Å². The molecule has 4 N–H and O–H groups in total. The molecule has 0 saturated carbocycles. The van der Waals surface area contributed by atoms with Crippen LogP contribution in [-0.2, 0) is 9.59 Å². The molecule has 0 bridgehead atoms. The van der Waals surface area contributed by atoms with Crippen LogP contribution in [0.3, 0.4) is 0 Å². The third kappa shape index (κ3) is 14.0. The van der Waals surface area contributed by atoms with Crippen molar-refractivity contribution in [1.82, 2.24) is 35.2 Å². The fraction of sp³-hybridized carbons (Fsp3) is 0.527. The maximum Gasteiger partial charge on any atom is 0.318 e. The van der Waals surface area contributed by atoms with Crippen LogP contribution in [0.25, 0.3) is 10.4 Å². The second kappa shape index (κ2) is 24.4. The Morgan fingerprint density at radius 3 is 2.05 bits per heavy atom. The van der Waals surface area contributed by atoms with E-state index in [2.05, 4.69) is 25.8 Å². The van der Waals surface area contributed by atoms with Gasteiger partial charge in [0.25, 0.3) is 11.8 Å². The molecule has 19 nitrogen and oxygen atoms in total. The van der Waals surface area contributed by atoms with E-state index in [1.165, 1.54) is 23.1 Å². The average Bonchev–Trinajstić information content (AvgIpc) is 4.01. The Bertz CT molecular complexity index is 2690. The summed E-state index contributed by atoms with van der Waals surface area (Å²) in [5.74, 6) is -0.913. The molecule has 3 aliphatic heterocycles. The Morgan fingerprint density at radius 1 is 0.827 bits per heavy atom. The van der Waals surface area contributed by atoms with Crippen LogP contribution in [0.15, 0.2) is 66.2 Å². The second-order valence-corrected chi connectivity index (χ2v) is 22.7. The van der Waals surface area contributed by atoms with Crippen molar-refractivity contribution in [2.75, 3.05) is 64.3 Å². The van der Waals surface area contributed by atoms with Gasteiger partial charge in [0.05, 0.1) is 52.1 Å². The largest absolute Gasteiger partial charge is 0.491 e. The summed E-state index contributed by atoms with van der Waals surface area (Å²) in [4.78, 5) is 93.4. The van der Waals surface area contributed by atoms with Gasteiger partial charge >= 0.3 is 11.7 Å². The molecule has 0 aliphatic carbocycles. The summed E-state index contributed by atoms with van der Waals surface area (Å²) < 4.78 is 11.8. The van der Waals surface area contributed by atoms with Crippen molar-refractivity contribution in [2.45, 2.75) is 112 Å². The lowest BCUT2D eigenvalue weighted by atomic mass is 9.85. The number of nitrogens with zero attached hydrogens (tertiary/aromatic N) is 6. The number of aliphatic hydroxyl groups is 1. The number of nitrogens with one attached hydrogen (secondary N) is 3. The molecule has 6 amide bonds. The molecule has 3 saturated heterocycles. The van der Waals surface area contributed by atoms with Crippen molar-refractivity contribution >= 4 is 52.4 Å². The monoisotopic (exact) mass is 1050 g/mol. The number of benzene rings is 3. The first kappa shape index (κ1) is 56.1. The molecule has 7 rings (SSSR count). The van der Waals surface area contributed by atoms with Crippen LogP contribution in [0.4, 0.5) is 16.2 Å². The molecule has 4 atom stereocenters. The van der Waals surface area contributed by atoms with Gasteiger partial charge in [-0.2, -0.15) is 0 Å². The lowest BCUT2D eigenvalue weighted by molar-refractivity contribution is -0.385. The number of nitro benzene ring substituents is 1. The maximum absolute atomic E-state index is 14.4. The molecular weight excluding hydrogens is 979 g/mol. The number of piperazine rings is 1. The van der Waals surface area contributed by atoms with Gasteiger partial charge in [-0.3, -0.25) is 34.2 Å². The van der Waals surface area contributed by atoms with Gasteiger partial charge in [0, 0.05) is 81.5 Å². The number of ether oxygens (including phenoxy) is 2. The van der Waals surface area contributed by atoms with E-state index in [0.717, 1.165) is 21.7 Å². The van der Waals surface area contributed by atoms with Gasteiger partial charge in [0.1, 0.15) is 17.8 Å². The van der Waals surface area contributed by atoms with E-state index in [1.807, 2.05) is 92.1 Å². The number of aromatic nitrogens is 1. The number of urea groups is 1. The van der Waals surface area contributed by atoms with Crippen LogP contribution >= 0.6 is 11.3 Å². The van der Waals surface area contributed by atoms with Gasteiger partial charge in [0.15, 0.2) is 5.75 Å². The minimum absolute atomic E-state index is 0.00153. The van der Waals surface area contributed by atoms with E-state index in [9.17, 15) is 39.2 Å². The lowest BCUT2D eigenvalue weighted by Gasteiger charge is -2.43. The summed E-state index contributed by atoms with van der Waals surface area (Å²) in [5, 5.41) is 31.4. The number of likely N-dealkylation sites (tertiary alicyclic amines) is 2. The van der Waals surface area contributed by atoms with E-state index >= 15 is 0 Å². The number of carbonyl (C=O) groups excluding carboxylic acids is 5. The SMILES string of the molecule is Cc1ncsc1-c1ccc([C@@H](C)NC(=O)[C@@H]2C[C@@H](O)CN2C(=O)[C@@H](NC(=O)N2CCC(N3CCN(C(=O)c4ccc(NC(=O)c5ccc([N+](=O)[O-])c(OCC(C)C)c5)c(OCC(C)C)c4)CC3)CC2)C(C)(C)C)cc1. The summed E-state index contributed by atoms with van der Waals surface area (Å²) in [5.41, 5.74) is 4.66. The average molecular weight is 1050 g/mol. The fourth-order valence-corrected chi connectivity index (χ4v) is 10.5. The highest BCUT2D eigenvalue weighted by molar-refractivity contribution is 7.13. The zero-order valence-corrected chi connectivity index (χ0v) is 45.4. The predicted octanol–water partition coefficient (Wildman–Crippen LogP) is 7.53. The van der Waals surface area contributed by atoms with Crippen LogP contribution < -0.4 is 25.4 Å². The molecule has 4 heterocycles. The molecular formula is C55H73N9O10S. The van der Waals surface area contributed by atoms with Crippen LogP contribution in [0, 0.1) is 34.3 Å². The molecule has 3 fully saturated rings. The van der Waals surface area contributed by atoms with Gasteiger partial charge in [-0.25, -0.2) is 9.78 Å². The highest BCUT2D eigenvalue weighted by Gasteiger charge is 2.45. The van der Waals surface area contributed by atoms with E-state index in [4.69, 9.17) is 9.47 Å². The third-order valence-corrected chi connectivity index (χ3v) is 14.9. The van der Waals surface area contributed by atoms with Crippen molar-refractivity contribution in [2.24, 2.45) is 17.3 Å². The number of rotatable bonds is 17. The van der Waals surface area contributed by atoms with Crippen LogP contribution in [0.1, 0.15) is 113 Å². The fourth-order valence-electron chi connectivity index (χ4n) is 9.64. The number of piperidine rings is 1. The summed E-state index contributed by atoms with van der Waals surface area (Å²) >= 11 is 1.57. The molecule has 404 valence electrons. The van der Waals surface area contributed by atoms with Crippen LogP contribution in [0.2, 0.25) is 0 Å². The summed E-state index contributed by atoms with van der Waals surface area (Å²) in [7, 11) is 0. The summed E-state index contributed by atoms with van der Waals surface area (Å²) in [6.45, 7) is 21.0. The number of thiazole rings is 1. The Labute approximate surface area is 443 Å². The molecule has 20 heteroatoms. The van der Waals surface area contributed by atoms with Crippen LogP contribution in [0.5, 0.6) is 11.5 Å². The highest BCUT2D eigenvalue weighted by Crippen LogP contribution is 2.33. The Morgan fingerprint density at radius 2 is 1.45 bits per heavy atom. The minimum Gasteiger partial charge on any atom is -0.491 e. The molecule has 4 aromatic rings. The lowest BCUT2D eigenvalue weighted by Crippen LogP contribution is -2.60. The number of hydrogen-bond acceptors (Lipinski definition) is 13. The van der Waals surface area contributed by atoms with Gasteiger partial charge in [-0.15, -0.1) is 11.3 Å². The van der Waals surface area contributed by atoms with Gasteiger partial charge in [-0.1, -0.05) is 72.7 Å². The Hall–Kier alpha value is -6.64. The van der Waals surface area contributed by atoms with Gasteiger partial charge < -0.3 is 45.2 Å². The minimum atomic E-state index is -0.965. The first-order valence-electron chi connectivity index (χ1n) is 25.9. The predicted molar refractivity (Wildman–Crippen MR) is 287 cm³/mol. The number of carbonyl (C=O) groups is 5. The van der Waals surface area contributed by atoms with Crippen LogP contribution in [-0.4, -0.2) is 148 Å². The molecule has 1 aromatic heterocycles. The quantitative estimate of drug-likeness (QED) is 0.0594. The van der Waals surface area contributed by atoms with E-state index in [-0.39, 0.29) is 78.3 Å². The number of nitro groups is 1. The molecule has 0 unspecified atom stereocenters. The maximum atomic E-state index is 14.4. The molecule has 0 spiro atoms. The van der Waals surface area contributed by atoms with Gasteiger partial charge in [0.2, 0.25) is 11.8 Å². The number of anilines is 1. The molecule has 3 aliphatic rings. The summed E-state index contributed by atoms with van der Waals surface area (Å²) in [6, 6.07) is 14.4. The first-order valence-corrected chi connectivity index (χ1v) is 26.8. The smallest absolute Gasteiger partial charge is 0.318 e.